The van der Waals surface area contributed by atoms with E-state index in [4.69, 9.17) is 4.42 Å². The molecule has 0 unspecified atom stereocenters. The zero-order valence-corrected chi connectivity index (χ0v) is 17.3. The third-order valence-electron chi connectivity index (χ3n) is 5.11. The fourth-order valence-electron chi connectivity index (χ4n) is 3.50. The van der Waals surface area contributed by atoms with Crippen molar-refractivity contribution in [2.45, 2.75) is 38.8 Å². The Balaban J connectivity index is 1.43. The number of anilines is 1. The molecule has 0 aliphatic carbocycles. The van der Waals surface area contributed by atoms with E-state index >= 15 is 0 Å². The van der Waals surface area contributed by atoms with Gasteiger partial charge in [-0.1, -0.05) is 19.1 Å². The number of benzene rings is 1. The summed E-state index contributed by atoms with van der Waals surface area (Å²) >= 11 is 0. The van der Waals surface area contributed by atoms with Crippen molar-refractivity contribution in [2.24, 2.45) is 4.99 Å². The largest absolute Gasteiger partial charge is 0.459 e. The van der Waals surface area contributed by atoms with Gasteiger partial charge in [-0.3, -0.25) is 9.79 Å². The van der Waals surface area contributed by atoms with E-state index in [2.05, 4.69) is 32.8 Å². The third kappa shape index (κ3) is 6.35. The van der Waals surface area contributed by atoms with Crippen LogP contribution in [0.3, 0.4) is 0 Å². The van der Waals surface area contributed by atoms with Crippen molar-refractivity contribution in [3.05, 3.63) is 54.0 Å². The molecule has 1 saturated heterocycles. The van der Waals surface area contributed by atoms with E-state index in [0.29, 0.717) is 18.3 Å². The molecule has 0 atom stereocenters. The Morgan fingerprint density at radius 1 is 1.21 bits per heavy atom. The SMILES string of the molecule is CCCN1CCC(NC(=NC)NCc2ccc(NC(=O)c3ccco3)cc2)CC1. The van der Waals surface area contributed by atoms with Crippen LogP contribution in [-0.4, -0.2) is 49.5 Å². The van der Waals surface area contributed by atoms with Gasteiger partial charge in [0.1, 0.15) is 0 Å². The monoisotopic (exact) mass is 397 g/mol. The van der Waals surface area contributed by atoms with Gasteiger partial charge in [-0.25, -0.2) is 0 Å². The molecule has 0 spiro atoms. The Bertz CT molecular complexity index is 778. The molecule has 3 N–H and O–H groups in total. The topological polar surface area (TPSA) is 81.9 Å². The molecule has 2 aromatic rings. The molecule has 156 valence electrons. The summed E-state index contributed by atoms with van der Waals surface area (Å²) in [6.07, 6.45) is 4.99. The van der Waals surface area contributed by atoms with E-state index in [0.717, 1.165) is 43.1 Å². The molecule has 1 aliphatic heterocycles. The molecule has 1 aromatic carbocycles. The van der Waals surface area contributed by atoms with Gasteiger partial charge in [0.25, 0.3) is 5.91 Å². The second-order valence-corrected chi connectivity index (χ2v) is 7.31. The fraction of sp³-hybridized carbons (Fsp3) is 0.455. The van der Waals surface area contributed by atoms with Crippen LogP contribution in [0.2, 0.25) is 0 Å². The summed E-state index contributed by atoms with van der Waals surface area (Å²) in [5.74, 6) is 0.871. The number of furan rings is 1. The minimum absolute atomic E-state index is 0.254. The maximum atomic E-state index is 12.0. The van der Waals surface area contributed by atoms with Gasteiger partial charge in [0.05, 0.1) is 6.26 Å². The van der Waals surface area contributed by atoms with Crippen LogP contribution in [0.25, 0.3) is 0 Å². The van der Waals surface area contributed by atoms with Crippen molar-refractivity contribution in [1.29, 1.82) is 0 Å². The van der Waals surface area contributed by atoms with E-state index in [-0.39, 0.29) is 5.91 Å². The van der Waals surface area contributed by atoms with Crippen LogP contribution >= 0.6 is 0 Å². The maximum Gasteiger partial charge on any atom is 0.291 e. The first-order chi connectivity index (χ1) is 14.2. The minimum atomic E-state index is -0.254. The second kappa shape index (κ2) is 10.7. The summed E-state index contributed by atoms with van der Waals surface area (Å²) in [4.78, 5) is 18.9. The number of aliphatic imine (C=N–C) groups is 1. The van der Waals surface area contributed by atoms with Crippen molar-refractivity contribution in [1.82, 2.24) is 15.5 Å². The first-order valence-electron chi connectivity index (χ1n) is 10.3. The summed E-state index contributed by atoms with van der Waals surface area (Å²) in [6.45, 7) is 6.38. The second-order valence-electron chi connectivity index (χ2n) is 7.31. The molecule has 29 heavy (non-hydrogen) atoms. The van der Waals surface area contributed by atoms with Crippen LogP contribution in [-0.2, 0) is 6.54 Å². The van der Waals surface area contributed by atoms with Crippen LogP contribution in [0.4, 0.5) is 5.69 Å². The van der Waals surface area contributed by atoms with Gasteiger partial charge in [0.2, 0.25) is 0 Å². The molecular formula is C22H31N5O2. The summed E-state index contributed by atoms with van der Waals surface area (Å²) in [7, 11) is 1.80. The van der Waals surface area contributed by atoms with E-state index in [9.17, 15) is 4.79 Å². The zero-order valence-electron chi connectivity index (χ0n) is 17.3. The number of nitrogens with one attached hydrogen (secondary N) is 3. The van der Waals surface area contributed by atoms with Crippen LogP contribution in [0.15, 0.2) is 52.1 Å². The maximum absolute atomic E-state index is 12.0. The van der Waals surface area contributed by atoms with Gasteiger partial charge >= 0.3 is 0 Å². The average Bonchev–Trinajstić information content (AvgIpc) is 3.29. The Kier molecular flexibility index (Phi) is 7.69. The highest BCUT2D eigenvalue weighted by Gasteiger charge is 2.19. The minimum Gasteiger partial charge on any atom is -0.459 e. The fourth-order valence-corrected chi connectivity index (χ4v) is 3.50. The molecule has 1 aromatic heterocycles. The van der Waals surface area contributed by atoms with Gasteiger partial charge in [0.15, 0.2) is 11.7 Å². The highest BCUT2D eigenvalue weighted by atomic mass is 16.3. The smallest absolute Gasteiger partial charge is 0.291 e. The number of carbonyl (C=O) groups is 1. The predicted molar refractivity (Wildman–Crippen MR) is 116 cm³/mol. The number of carbonyl (C=O) groups excluding carboxylic acids is 1. The van der Waals surface area contributed by atoms with E-state index in [1.54, 1.807) is 19.2 Å². The molecule has 7 heteroatoms. The van der Waals surface area contributed by atoms with E-state index < -0.39 is 0 Å². The number of guanidine groups is 1. The van der Waals surface area contributed by atoms with E-state index in [1.807, 2.05) is 24.3 Å². The van der Waals surface area contributed by atoms with Crippen LogP contribution < -0.4 is 16.0 Å². The quantitative estimate of drug-likeness (QED) is 0.494. The van der Waals surface area contributed by atoms with Gasteiger partial charge in [-0.15, -0.1) is 0 Å². The van der Waals surface area contributed by atoms with Crippen molar-refractivity contribution in [3.63, 3.8) is 0 Å². The number of likely N-dealkylation sites (tertiary alicyclic amines) is 1. The molecule has 3 rings (SSSR count). The highest BCUT2D eigenvalue weighted by Crippen LogP contribution is 2.13. The molecule has 7 nitrogen and oxygen atoms in total. The molecule has 1 fully saturated rings. The van der Waals surface area contributed by atoms with Crippen molar-refractivity contribution in [3.8, 4) is 0 Å². The van der Waals surface area contributed by atoms with Crippen molar-refractivity contribution < 1.29 is 9.21 Å². The molecular weight excluding hydrogens is 366 g/mol. The third-order valence-corrected chi connectivity index (χ3v) is 5.11. The Morgan fingerprint density at radius 3 is 2.59 bits per heavy atom. The Morgan fingerprint density at radius 2 is 1.97 bits per heavy atom. The molecule has 2 heterocycles. The predicted octanol–water partition coefficient (Wildman–Crippen LogP) is 3.07. The molecule has 0 bridgehead atoms. The standard InChI is InChI=1S/C22H31N5O2/c1-3-12-27-13-10-19(11-14-27)26-22(23-2)24-16-17-6-8-18(9-7-17)25-21(28)20-5-4-15-29-20/h4-9,15,19H,3,10-14,16H2,1-2H3,(H,25,28)(H2,23,24,26). The lowest BCUT2D eigenvalue weighted by molar-refractivity contribution is 0.0996. The van der Waals surface area contributed by atoms with Gasteiger partial charge in [-0.2, -0.15) is 0 Å². The summed E-state index contributed by atoms with van der Waals surface area (Å²) in [5.41, 5.74) is 1.85. The average molecular weight is 398 g/mol. The number of piperidine rings is 1. The van der Waals surface area contributed by atoms with Crippen LogP contribution in [0.1, 0.15) is 42.3 Å². The molecule has 0 radical (unpaired) electrons. The first-order valence-corrected chi connectivity index (χ1v) is 10.3. The van der Waals surface area contributed by atoms with Crippen LogP contribution in [0, 0.1) is 0 Å². The molecule has 0 saturated carbocycles. The van der Waals surface area contributed by atoms with Crippen molar-refractivity contribution >= 4 is 17.6 Å². The molecule has 1 amide bonds. The first kappa shape index (κ1) is 20.9. The lowest BCUT2D eigenvalue weighted by atomic mass is 10.1. The zero-order chi connectivity index (χ0) is 20.5. The van der Waals surface area contributed by atoms with Gasteiger partial charge in [0, 0.05) is 38.4 Å². The van der Waals surface area contributed by atoms with Crippen molar-refractivity contribution in [2.75, 3.05) is 32.0 Å². The summed E-state index contributed by atoms with van der Waals surface area (Å²) < 4.78 is 5.10. The normalized spacial score (nSPS) is 15.9. The van der Waals surface area contributed by atoms with E-state index in [1.165, 1.54) is 19.2 Å². The highest BCUT2D eigenvalue weighted by molar-refractivity contribution is 6.02. The Labute approximate surface area is 172 Å². The summed E-state index contributed by atoms with van der Waals surface area (Å²) in [6, 6.07) is 11.5. The number of amides is 1. The van der Waals surface area contributed by atoms with Gasteiger partial charge < -0.3 is 25.3 Å². The lowest BCUT2D eigenvalue weighted by Gasteiger charge is -2.32. The molecule has 1 aliphatic rings. The number of rotatable bonds is 7. The Hall–Kier alpha value is -2.80. The number of hydrogen-bond donors (Lipinski definition) is 3. The van der Waals surface area contributed by atoms with Gasteiger partial charge in [-0.05, 0) is 55.6 Å². The summed E-state index contributed by atoms with van der Waals surface area (Å²) in [5, 5.41) is 9.73. The van der Waals surface area contributed by atoms with Crippen LogP contribution in [0.5, 0.6) is 0 Å². The lowest BCUT2D eigenvalue weighted by Crippen LogP contribution is -2.48. The number of nitrogens with zero attached hydrogens (tertiary/aromatic N) is 2. The number of hydrogen-bond acceptors (Lipinski definition) is 4.